The highest BCUT2D eigenvalue weighted by molar-refractivity contribution is 6.31. The molecule has 28 heavy (non-hydrogen) atoms. The molecule has 0 aliphatic carbocycles. The molecule has 0 atom stereocenters. The number of benzene rings is 2. The molecule has 0 unspecified atom stereocenters. The van der Waals surface area contributed by atoms with Crippen LogP contribution >= 0.6 is 11.6 Å². The summed E-state index contributed by atoms with van der Waals surface area (Å²) >= 11 is 6.06. The Morgan fingerprint density at radius 3 is 2.96 bits per heavy atom. The van der Waals surface area contributed by atoms with E-state index in [1.54, 1.807) is 31.5 Å². The molecule has 0 saturated heterocycles. The number of aromatic amines is 1. The van der Waals surface area contributed by atoms with Crippen molar-refractivity contribution in [1.29, 1.82) is 0 Å². The van der Waals surface area contributed by atoms with Gasteiger partial charge in [0.15, 0.2) is 5.82 Å². The van der Waals surface area contributed by atoms with E-state index >= 15 is 0 Å². The molecule has 142 valence electrons. The minimum atomic E-state index is 0.359. The van der Waals surface area contributed by atoms with Crippen molar-refractivity contribution >= 4 is 40.0 Å². The lowest BCUT2D eigenvalue weighted by molar-refractivity contribution is 0.417. The van der Waals surface area contributed by atoms with E-state index < -0.39 is 0 Å². The maximum atomic E-state index is 6.06. The molecule has 2 heterocycles. The second kappa shape index (κ2) is 8.14. The molecule has 0 spiro atoms. The Bertz CT molecular complexity index is 1100. The SMILES string of the molecule is COc1ccc(Cl)cc1Nc1nncc(NCCc2c[nH]c3ccccc23)n1. The summed E-state index contributed by atoms with van der Waals surface area (Å²) in [5.41, 5.74) is 3.07. The monoisotopic (exact) mass is 394 g/mol. The van der Waals surface area contributed by atoms with Crippen molar-refractivity contribution in [2.75, 3.05) is 24.3 Å². The summed E-state index contributed by atoms with van der Waals surface area (Å²) in [5.74, 6) is 1.64. The van der Waals surface area contributed by atoms with Crippen LogP contribution in [0.4, 0.5) is 17.5 Å². The van der Waals surface area contributed by atoms with Crippen molar-refractivity contribution in [3.63, 3.8) is 0 Å². The third-order valence-corrected chi connectivity index (χ3v) is 4.58. The van der Waals surface area contributed by atoms with Crippen molar-refractivity contribution in [2.45, 2.75) is 6.42 Å². The van der Waals surface area contributed by atoms with Crippen LogP contribution in [0.5, 0.6) is 5.75 Å². The topological polar surface area (TPSA) is 87.8 Å². The zero-order valence-corrected chi connectivity index (χ0v) is 16.0. The largest absolute Gasteiger partial charge is 0.495 e. The first-order chi connectivity index (χ1) is 13.7. The van der Waals surface area contributed by atoms with E-state index in [1.807, 2.05) is 18.3 Å². The number of rotatable bonds is 7. The summed E-state index contributed by atoms with van der Waals surface area (Å²) in [6.45, 7) is 0.723. The van der Waals surface area contributed by atoms with E-state index in [2.05, 4.69) is 42.9 Å². The van der Waals surface area contributed by atoms with Crippen molar-refractivity contribution in [2.24, 2.45) is 0 Å². The third-order valence-electron chi connectivity index (χ3n) is 4.34. The van der Waals surface area contributed by atoms with Crippen molar-refractivity contribution < 1.29 is 4.74 Å². The molecule has 3 N–H and O–H groups in total. The van der Waals surface area contributed by atoms with Crippen LogP contribution in [0, 0.1) is 0 Å². The van der Waals surface area contributed by atoms with E-state index in [-0.39, 0.29) is 0 Å². The van der Waals surface area contributed by atoms with Crippen LogP contribution in [0.2, 0.25) is 5.02 Å². The van der Waals surface area contributed by atoms with Gasteiger partial charge in [-0.2, -0.15) is 10.1 Å². The van der Waals surface area contributed by atoms with Crippen LogP contribution in [0.25, 0.3) is 10.9 Å². The third kappa shape index (κ3) is 3.99. The van der Waals surface area contributed by atoms with Gasteiger partial charge in [0, 0.05) is 28.7 Å². The number of nitrogens with zero attached hydrogens (tertiary/aromatic N) is 3. The lowest BCUT2D eigenvalue weighted by Crippen LogP contribution is -2.09. The Morgan fingerprint density at radius 2 is 2.07 bits per heavy atom. The van der Waals surface area contributed by atoms with Gasteiger partial charge in [-0.25, -0.2) is 0 Å². The van der Waals surface area contributed by atoms with Gasteiger partial charge in [-0.3, -0.25) is 0 Å². The quantitative estimate of drug-likeness (QED) is 0.430. The summed E-state index contributed by atoms with van der Waals surface area (Å²) in [7, 11) is 1.59. The minimum Gasteiger partial charge on any atom is -0.495 e. The van der Waals surface area contributed by atoms with Crippen LogP contribution < -0.4 is 15.4 Å². The number of nitrogens with one attached hydrogen (secondary N) is 3. The minimum absolute atomic E-state index is 0.359. The Kier molecular flexibility index (Phi) is 5.25. The summed E-state index contributed by atoms with van der Waals surface area (Å²) in [5, 5.41) is 16.2. The summed E-state index contributed by atoms with van der Waals surface area (Å²) in [6, 6.07) is 13.5. The van der Waals surface area contributed by atoms with Gasteiger partial charge in [-0.05, 0) is 36.2 Å². The number of methoxy groups -OCH3 is 1. The number of aromatic nitrogens is 4. The molecule has 0 radical (unpaired) electrons. The molecule has 0 bridgehead atoms. The second-order valence-corrected chi connectivity index (χ2v) is 6.61. The number of ether oxygens (including phenoxy) is 1. The summed E-state index contributed by atoms with van der Waals surface area (Å²) in [6.07, 6.45) is 4.50. The molecule has 2 aromatic carbocycles. The van der Waals surface area contributed by atoms with Crippen LogP contribution in [-0.4, -0.2) is 33.8 Å². The predicted molar refractivity (Wildman–Crippen MR) is 112 cm³/mol. The van der Waals surface area contributed by atoms with E-state index in [0.717, 1.165) is 18.5 Å². The first kappa shape index (κ1) is 18.1. The number of halogens is 1. The molecule has 4 aromatic rings. The highest BCUT2D eigenvalue weighted by Crippen LogP contribution is 2.29. The Labute approximate surface area is 167 Å². The standard InChI is InChI=1S/C20H19ClN6O/c1-28-18-7-6-14(21)10-17(18)25-20-26-19(12-24-27-20)22-9-8-13-11-23-16-5-3-2-4-15(13)16/h2-7,10-12,23H,8-9H2,1H3,(H2,22,25,26,27). The summed E-state index contributed by atoms with van der Waals surface area (Å²) in [4.78, 5) is 7.74. The number of para-hydroxylation sites is 1. The normalized spacial score (nSPS) is 10.8. The van der Waals surface area contributed by atoms with E-state index in [4.69, 9.17) is 16.3 Å². The van der Waals surface area contributed by atoms with Gasteiger partial charge in [0.1, 0.15) is 5.75 Å². The number of fused-ring (bicyclic) bond motifs is 1. The highest BCUT2D eigenvalue weighted by atomic mass is 35.5. The smallest absolute Gasteiger partial charge is 0.249 e. The van der Waals surface area contributed by atoms with E-state index in [9.17, 15) is 0 Å². The van der Waals surface area contributed by atoms with Crippen LogP contribution in [0.15, 0.2) is 54.9 Å². The first-order valence-corrected chi connectivity index (χ1v) is 9.20. The molecular weight excluding hydrogens is 376 g/mol. The van der Waals surface area contributed by atoms with Crippen molar-refractivity contribution in [3.05, 3.63) is 65.4 Å². The number of hydrogen-bond donors (Lipinski definition) is 3. The molecule has 7 nitrogen and oxygen atoms in total. The fraction of sp³-hybridized carbons (Fsp3) is 0.150. The Hall–Kier alpha value is -3.32. The van der Waals surface area contributed by atoms with Crippen molar-refractivity contribution in [3.8, 4) is 5.75 Å². The molecular formula is C20H19ClN6O. The predicted octanol–water partition coefficient (Wildman–Crippen LogP) is 4.41. The molecule has 4 rings (SSSR count). The maximum absolute atomic E-state index is 6.06. The highest BCUT2D eigenvalue weighted by Gasteiger charge is 2.08. The van der Waals surface area contributed by atoms with Gasteiger partial charge in [-0.15, -0.1) is 5.10 Å². The fourth-order valence-corrected chi connectivity index (χ4v) is 3.18. The number of H-pyrrole nitrogens is 1. The van der Waals surface area contributed by atoms with Gasteiger partial charge in [-0.1, -0.05) is 29.8 Å². The average molecular weight is 395 g/mol. The molecule has 0 fully saturated rings. The fourth-order valence-electron chi connectivity index (χ4n) is 3.00. The zero-order chi connectivity index (χ0) is 19.3. The zero-order valence-electron chi connectivity index (χ0n) is 15.2. The number of hydrogen-bond acceptors (Lipinski definition) is 6. The first-order valence-electron chi connectivity index (χ1n) is 8.82. The lowest BCUT2D eigenvalue weighted by Gasteiger charge is -2.11. The lowest BCUT2D eigenvalue weighted by atomic mass is 10.1. The maximum Gasteiger partial charge on any atom is 0.249 e. The second-order valence-electron chi connectivity index (χ2n) is 6.17. The average Bonchev–Trinajstić information content (AvgIpc) is 3.12. The Balaban J connectivity index is 1.42. The Morgan fingerprint density at radius 1 is 1.18 bits per heavy atom. The van der Waals surface area contributed by atoms with Gasteiger partial charge >= 0.3 is 0 Å². The molecule has 0 amide bonds. The van der Waals surface area contributed by atoms with Gasteiger partial charge < -0.3 is 20.4 Å². The molecule has 2 aromatic heterocycles. The summed E-state index contributed by atoms with van der Waals surface area (Å²) < 4.78 is 5.33. The van der Waals surface area contributed by atoms with Gasteiger partial charge in [0.05, 0.1) is 19.0 Å². The van der Waals surface area contributed by atoms with E-state index in [1.165, 1.54) is 10.9 Å². The molecule has 0 saturated carbocycles. The van der Waals surface area contributed by atoms with E-state index in [0.29, 0.717) is 28.2 Å². The van der Waals surface area contributed by atoms with Crippen LogP contribution in [0.1, 0.15) is 5.56 Å². The van der Waals surface area contributed by atoms with Gasteiger partial charge in [0.2, 0.25) is 5.95 Å². The molecule has 8 heteroatoms. The van der Waals surface area contributed by atoms with Crippen LogP contribution in [-0.2, 0) is 6.42 Å². The molecule has 0 aliphatic heterocycles. The van der Waals surface area contributed by atoms with Crippen LogP contribution in [0.3, 0.4) is 0 Å². The van der Waals surface area contributed by atoms with Crippen molar-refractivity contribution in [1.82, 2.24) is 20.2 Å². The molecule has 0 aliphatic rings. The number of anilines is 3. The van der Waals surface area contributed by atoms with Gasteiger partial charge in [0.25, 0.3) is 0 Å².